The lowest BCUT2D eigenvalue weighted by atomic mass is 10.0. The molecule has 0 atom stereocenters. The molecule has 0 aliphatic rings. The van der Waals surface area contributed by atoms with Gasteiger partial charge in [0.2, 0.25) is 0 Å². The average Bonchev–Trinajstić information content (AvgIpc) is 2.18. The summed E-state index contributed by atoms with van der Waals surface area (Å²) in [6.07, 6.45) is 5.71. The van der Waals surface area contributed by atoms with E-state index in [1.807, 2.05) is 6.08 Å². The van der Waals surface area contributed by atoms with Crippen LogP contribution < -0.4 is 0 Å². The van der Waals surface area contributed by atoms with Crippen molar-refractivity contribution in [3.8, 4) is 0 Å². The Balaban J connectivity index is 2.40. The zero-order valence-electron chi connectivity index (χ0n) is 9.29. The van der Waals surface area contributed by atoms with Crippen molar-refractivity contribution >= 4 is 6.08 Å². The first-order chi connectivity index (χ1) is 6.72. The zero-order valence-corrected chi connectivity index (χ0v) is 9.29. The third-order valence-corrected chi connectivity index (χ3v) is 2.46. The van der Waals surface area contributed by atoms with E-state index in [2.05, 4.69) is 44.7 Å². The number of hydrogen-bond donors (Lipinski definition) is 0. The molecule has 0 spiro atoms. The van der Waals surface area contributed by atoms with Crippen molar-refractivity contribution in [3.63, 3.8) is 0 Å². The van der Waals surface area contributed by atoms with Gasteiger partial charge in [-0.1, -0.05) is 57.2 Å². The van der Waals surface area contributed by atoms with Gasteiger partial charge >= 0.3 is 0 Å². The van der Waals surface area contributed by atoms with E-state index in [-0.39, 0.29) is 0 Å². The lowest BCUT2D eigenvalue weighted by Crippen LogP contribution is -1.90. The highest BCUT2D eigenvalue weighted by molar-refractivity contribution is 5.47. The summed E-state index contributed by atoms with van der Waals surface area (Å²) in [5.74, 6) is 0.822. The molecule has 0 saturated carbocycles. The first kappa shape index (κ1) is 11.0. The van der Waals surface area contributed by atoms with Crippen LogP contribution in [-0.2, 0) is 6.42 Å². The fourth-order valence-corrected chi connectivity index (χ4v) is 1.53. The van der Waals surface area contributed by atoms with Crippen LogP contribution in [0.15, 0.2) is 30.8 Å². The summed E-state index contributed by atoms with van der Waals surface area (Å²) in [6, 6.07) is 8.68. The Labute approximate surface area is 87.7 Å². The highest BCUT2D eigenvalue weighted by Crippen LogP contribution is 2.11. The molecule has 0 aromatic heterocycles. The molecule has 76 valence electrons. The van der Waals surface area contributed by atoms with E-state index in [4.69, 9.17) is 0 Å². The summed E-state index contributed by atoms with van der Waals surface area (Å²) in [4.78, 5) is 0. The minimum atomic E-state index is 0.822. The molecule has 0 bridgehead atoms. The Bertz CT molecular complexity index is 267. The van der Waals surface area contributed by atoms with Gasteiger partial charge in [-0.2, -0.15) is 0 Å². The Hall–Kier alpha value is -1.04. The number of aryl methyl sites for hydroxylation is 1. The smallest absolute Gasteiger partial charge is 0.0262 e. The van der Waals surface area contributed by atoms with Crippen molar-refractivity contribution in [1.29, 1.82) is 0 Å². The van der Waals surface area contributed by atoms with Gasteiger partial charge in [0.25, 0.3) is 0 Å². The quantitative estimate of drug-likeness (QED) is 0.646. The second-order valence-corrected chi connectivity index (χ2v) is 4.23. The molecule has 0 amide bonds. The van der Waals surface area contributed by atoms with Gasteiger partial charge in [0.15, 0.2) is 0 Å². The highest BCUT2D eigenvalue weighted by atomic mass is 14.0. The van der Waals surface area contributed by atoms with Crippen LogP contribution in [0.3, 0.4) is 0 Å². The predicted octanol–water partition coefficient (Wildman–Crippen LogP) is 4.31. The molecular weight excluding hydrogens is 168 g/mol. The molecule has 0 unspecified atom stereocenters. The van der Waals surface area contributed by atoms with Crippen LogP contribution in [0.2, 0.25) is 0 Å². The summed E-state index contributed by atoms with van der Waals surface area (Å²) in [6.45, 7) is 8.30. The standard InChI is InChI=1S/C14H20/c1-4-13-8-10-14(11-9-13)7-5-6-12(2)3/h4,8-12H,1,5-7H2,2-3H3. The molecule has 0 aliphatic heterocycles. The Kier molecular flexibility index (Phi) is 4.45. The van der Waals surface area contributed by atoms with Crippen LogP contribution in [0.5, 0.6) is 0 Å². The molecule has 14 heavy (non-hydrogen) atoms. The molecular formula is C14H20. The Morgan fingerprint density at radius 1 is 1.21 bits per heavy atom. The van der Waals surface area contributed by atoms with E-state index in [1.54, 1.807) is 0 Å². The maximum atomic E-state index is 3.75. The third kappa shape index (κ3) is 3.78. The zero-order chi connectivity index (χ0) is 10.4. The molecule has 0 nitrogen and oxygen atoms in total. The van der Waals surface area contributed by atoms with Gasteiger partial charge in [0.1, 0.15) is 0 Å². The average molecular weight is 188 g/mol. The van der Waals surface area contributed by atoms with Crippen LogP contribution in [0.4, 0.5) is 0 Å². The minimum absolute atomic E-state index is 0.822. The van der Waals surface area contributed by atoms with Crippen LogP contribution in [0.25, 0.3) is 6.08 Å². The summed E-state index contributed by atoms with van der Waals surface area (Å²) in [5, 5.41) is 0. The monoisotopic (exact) mass is 188 g/mol. The van der Waals surface area contributed by atoms with E-state index in [0.717, 1.165) is 5.92 Å². The summed E-state index contributed by atoms with van der Waals surface area (Å²) >= 11 is 0. The Morgan fingerprint density at radius 3 is 2.36 bits per heavy atom. The van der Waals surface area contributed by atoms with Crippen LogP contribution >= 0.6 is 0 Å². The third-order valence-electron chi connectivity index (χ3n) is 2.46. The molecule has 1 aromatic carbocycles. The molecule has 0 N–H and O–H groups in total. The molecule has 1 rings (SSSR count). The van der Waals surface area contributed by atoms with Crippen LogP contribution in [0.1, 0.15) is 37.8 Å². The molecule has 0 aliphatic carbocycles. The van der Waals surface area contributed by atoms with Crippen molar-refractivity contribution < 1.29 is 0 Å². The first-order valence-electron chi connectivity index (χ1n) is 5.43. The van der Waals surface area contributed by atoms with E-state index >= 15 is 0 Å². The van der Waals surface area contributed by atoms with Crippen LogP contribution in [-0.4, -0.2) is 0 Å². The maximum Gasteiger partial charge on any atom is -0.0262 e. The largest absolute Gasteiger partial charge is 0.0985 e. The van der Waals surface area contributed by atoms with Gasteiger partial charge in [-0.25, -0.2) is 0 Å². The lowest BCUT2D eigenvalue weighted by Gasteiger charge is -2.04. The van der Waals surface area contributed by atoms with Gasteiger partial charge in [-0.05, 0) is 29.9 Å². The minimum Gasteiger partial charge on any atom is -0.0985 e. The van der Waals surface area contributed by atoms with Crippen molar-refractivity contribution in [3.05, 3.63) is 42.0 Å². The van der Waals surface area contributed by atoms with Crippen molar-refractivity contribution in [2.75, 3.05) is 0 Å². The number of rotatable bonds is 5. The first-order valence-corrected chi connectivity index (χ1v) is 5.43. The van der Waals surface area contributed by atoms with Gasteiger partial charge < -0.3 is 0 Å². The van der Waals surface area contributed by atoms with Gasteiger partial charge in [-0.3, -0.25) is 0 Å². The van der Waals surface area contributed by atoms with Crippen molar-refractivity contribution in [1.82, 2.24) is 0 Å². The predicted molar refractivity (Wildman–Crippen MR) is 64.3 cm³/mol. The summed E-state index contributed by atoms with van der Waals surface area (Å²) in [7, 11) is 0. The molecule has 1 aromatic rings. The SMILES string of the molecule is C=Cc1ccc(CCCC(C)C)cc1. The Morgan fingerprint density at radius 2 is 1.86 bits per heavy atom. The van der Waals surface area contributed by atoms with Gasteiger partial charge in [0, 0.05) is 0 Å². The fourth-order valence-electron chi connectivity index (χ4n) is 1.53. The number of hydrogen-bond acceptors (Lipinski definition) is 0. The maximum absolute atomic E-state index is 3.75. The lowest BCUT2D eigenvalue weighted by molar-refractivity contribution is 0.556. The van der Waals surface area contributed by atoms with E-state index in [9.17, 15) is 0 Å². The molecule has 0 radical (unpaired) electrons. The molecule has 0 heteroatoms. The highest BCUT2D eigenvalue weighted by Gasteiger charge is 1.96. The normalized spacial score (nSPS) is 10.5. The van der Waals surface area contributed by atoms with Gasteiger partial charge in [-0.15, -0.1) is 0 Å². The number of benzene rings is 1. The summed E-state index contributed by atoms with van der Waals surface area (Å²) in [5.41, 5.74) is 2.65. The van der Waals surface area contributed by atoms with E-state index < -0.39 is 0 Å². The van der Waals surface area contributed by atoms with Crippen LogP contribution in [0, 0.1) is 5.92 Å². The topological polar surface area (TPSA) is 0 Å². The fraction of sp³-hybridized carbons (Fsp3) is 0.429. The molecule has 0 saturated heterocycles. The summed E-state index contributed by atoms with van der Waals surface area (Å²) < 4.78 is 0. The molecule has 0 heterocycles. The van der Waals surface area contributed by atoms with Gasteiger partial charge in [0.05, 0.1) is 0 Å². The molecule has 0 fully saturated rings. The second kappa shape index (κ2) is 5.64. The van der Waals surface area contributed by atoms with Crippen molar-refractivity contribution in [2.24, 2.45) is 5.92 Å². The second-order valence-electron chi connectivity index (χ2n) is 4.23. The van der Waals surface area contributed by atoms with E-state index in [0.29, 0.717) is 0 Å². The van der Waals surface area contributed by atoms with Crippen molar-refractivity contribution in [2.45, 2.75) is 33.1 Å². The van der Waals surface area contributed by atoms with E-state index in [1.165, 1.54) is 30.4 Å².